The second-order valence-corrected chi connectivity index (χ2v) is 5.00. The largest absolute Gasteiger partial charge is 0.368 e. The molecule has 1 heterocycles. The van der Waals surface area contributed by atoms with E-state index in [2.05, 4.69) is 10.3 Å². The molecule has 1 atom stereocenters. The van der Waals surface area contributed by atoms with E-state index in [0.717, 1.165) is 11.4 Å². The predicted octanol–water partition coefficient (Wildman–Crippen LogP) is 0.595. The molecule has 0 fully saturated rings. The molecule has 0 spiro atoms. The van der Waals surface area contributed by atoms with Crippen LogP contribution in [0.4, 0.5) is 0 Å². The molecule has 82 valence electrons. The van der Waals surface area contributed by atoms with Gasteiger partial charge in [-0.05, 0) is 26.2 Å². The first-order chi connectivity index (χ1) is 7.16. The van der Waals surface area contributed by atoms with Crippen LogP contribution >= 0.6 is 11.3 Å². The summed E-state index contributed by atoms with van der Waals surface area (Å²) < 4.78 is 0. The Labute approximate surface area is 92.9 Å². The van der Waals surface area contributed by atoms with Crippen molar-refractivity contribution in [3.05, 3.63) is 15.6 Å². The highest BCUT2D eigenvalue weighted by atomic mass is 32.1. The zero-order valence-electron chi connectivity index (χ0n) is 8.75. The number of aromatic nitrogens is 1. The molecule has 1 aromatic rings. The van der Waals surface area contributed by atoms with Crippen molar-refractivity contribution in [1.82, 2.24) is 10.3 Å². The van der Waals surface area contributed by atoms with E-state index in [1.807, 2.05) is 0 Å². The maximum absolute atomic E-state index is 10.8. The Morgan fingerprint density at radius 1 is 1.67 bits per heavy atom. The molecule has 0 bridgehead atoms. The van der Waals surface area contributed by atoms with Crippen molar-refractivity contribution >= 4 is 17.2 Å². The number of hydrogen-bond acceptors (Lipinski definition) is 4. The summed E-state index contributed by atoms with van der Waals surface area (Å²) in [5, 5.41) is 4.12. The maximum atomic E-state index is 10.8. The third kappa shape index (κ3) is 2.35. The van der Waals surface area contributed by atoms with Crippen LogP contribution in [0.5, 0.6) is 0 Å². The summed E-state index contributed by atoms with van der Waals surface area (Å²) in [6.07, 6.45) is 3.51. The van der Waals surface area contributed by atoms with Gasteiger partial charge in [0.25, 0.3) is 0 Å². The number of carbonyl (C=O) groups is 1. The minimum absolute atomic E-state index is 0.288. The van der Waals surface area contributed by atoms with Gasteiger partial charge in [0.15, 0.2) is 0 Å². The molecular formula is C10H15N3OS. The quantitative estimate of drug-likeness (QED) is 0.788. The molecule has 15 heavy (non-hydrogen) atoms. The molecule has 0 radical (unpaired) electrons. The first kappa shape index (κ1) is 10.6. The van der Waals surface area contributed by atoms with Gasteiger partial charge in [-0.1, -0.05) is 0 Å². The molecule has 0 aromatic carbocycles. The van der Waals surface area contributed by atoms with Crippen molar-refractivity contribution in [1.29, 1.82) is 0 Å². The van der Waals surface area contributed by atoms with Crippen molar-refractivity contribution in [3.8, 4) is 0 Å². The van der Waals surface area contributed by atoms with Gasteiger partial charge in [-0.25, -0.2) is 4.98 Å². The number of nitrogens with zero attached hydrogens (tertiary/aromatic N) is 1. The first-order valence-electron chi connectivity index (χ1n) is 5.17. The van der Waals surface area contributed by atoms with E-state index in [1.54, 1.807) is 18.3 Å². The van der Waals surface area contributed by atoms with E-state index in [-0.39, 0.29) is 11.9 Å². The Hall–Kier alpha value is -0.940. The molecule has 1 unspecified atom stereocenters. The highest BCUT2D eigenvalue weighted by Gasteiger charge is 2.17. The third-order valence-electron chi connectivity index (χ3n) is 2.63. The Balaban J connectivity index is 1.91. The molecule has 1 aromatic heterocycles. The molecule has 0 saturated heterocycles. The Bertz CT molecular complexity index is 353. The molecule has 0 aliphatic heterocycles. The normalized spacial score (nSPS) is 16.3. The summed E-state index contributed by atoms with van der Waals surface area (Å²) in [6.45, 7) is 2.41. The predicted molar refractivity (Wildman–Crippen MR) is 59.6 cm³/mol. The minimum Gasteiger partial charge on any atom is -0.368 e. The van der Waals surface area contributed by atoms with Gasteiger partial charge in [0.2, 0.25) is 5.91 Å². The van der Waals surface area contributed by atoms with Crippen LogP contribution in [0.25, 0.3) is 0 Å². The molecule has 1 aliphatic rings. The summed E-state index contributed by atoms with van der Waals surface area (Å²) in [4.78, 5) is 16.7. The Morgan fingerprint density at radius 3 is 3.13 bits per heavy atom. The summed E-state index contributed by atoms with van der Waals surface area (Å²) in [5.41, 5.74) is 6.41. The number of nitrogens with one attached hydrogen (secondary N) is 1. The van der Waals surface area contributed by atoms with Gasteiger partial charge < -0.3 is 5.73 Å². The van der Waals surface area contributed by atoms with Crippen molar-refractivity contribution in [2.75, 3.05) is 0 Å². The highest BCUT2D eigenvalue weighted by molar-refractivity contribution is 7.11. The van der Waals surface area contributed by atoms with E-state index in [9.17, 15) is 4.79 Å². The van der Waals surface area contributed by atoms with Crippen LogP contribution in [0.15, 0.2) is 0 Å². The Morgan fingerprint density at radius 2 is 2.47 bits per heavy atom. The summed E-state index contributed by atoms with van der Waals surface area (Å²) in [6, 6.07) is -0.288. The van der Waals surface area contributed by atoms with Gasteiger partial charge in [-0.15, -0.1) is 11.3 Å². The number of thiazole rings is 1. The van der Waals surface area contributed by atoms with Crippen LogP contribution in [0.1, 0.15) is 28.9 Å². The SMILES string of the molecule is CC(NCc1nc2c(s1)CCC2)C(N)=O. The average molecular weight is 225 g/mol. The monoisotopic (exact) mass is 225 g/mol. The van der Waals surface area contributed by atoms with Crippen LogP contribution in [0, 0.1) is 0 Å². The minimum atomic E-state index is -0.320. The molecule has 0 saturated carbocycles. The maximum Gasteiger partial charge on any atom is 0.234 e. The van der Waals surface area contributed by atoms with Gasteiger partial charge >= 0.3 is 0 Å². The van der Waals surface area contributed by atoms with Crippen LogP contribution in [-0.4, -0.2) is 16.9 Å². The van der Waals surface area contributed by atoms with Crippen LogP contribution in [0.3, 0.4) is 0 Å². The van der Waals surface area contributed by atoms with Gasteiger partial charge in [0.1, 0.15) is 5.01 Å². The number of aryl methyl sites for hydroxylation is 2. The highest BCUT2D eigenvalue weighted by Crippen LogP contribution is 2.27. The molecular weight excluding hydrogens is 210 g/mol. The number of nitrogens with two attached hydrogens (primary N) is 1. The van der Waals surface area contributed by atoms with Crippen molar-refractivity contribution in [3.63, 3.8) is 0 Å². The van der Waals surface area contributed by atoms with Crippen molar-refractivity contribution in [2.45, 2.75) is 38.8 Å². The zero-order valence-corrected chi connectivity index (χ0v) is 9.56. The number of hydrogen-bond donors (Lipinski definition) is 2. The second kappa shape index (κ2) is 4.28. The topological polar surface area (TPSA) is 68.0 Å². The van der Waals surface area contributed by atoms with Gasteiger partial charge in [0.05, 0.1) is 11.7 Å². The number of primary amides is 1. The van der Waals surface area contributed by atoms with Crippen LogP contribution in [0.2, 0.25) is 0 Å². The van der Waals surface area contributed by atoms with Gasteiger partial charge in [-0.3, -0.25) is 10.1 Å². The average Bonchev–Trinajstić information content (AvgIpc) is 2.72. The molecule has 3 N–H and O–H groups in total. The van der Waals surface area contributed by atoms with E-state index < -0.39 is 0 Å². The molecule has 2 rings (SSSR count). The zero-order chi connectivity index (χ0) is 10.8. The van der Waals surface area contributed by atoms with Crippen LogP contribution in [-0.2, 0) is 24.2 Å². The summed E-state index contributed by atoms with van der Waals surface area (Å²) >= 11 is 1.75. The first-order valence-corrected chi connectivity index (χ1v) is 5.98. The lowest BCUT2D eigenvalue weighted by Crippen LogP contribution is -2.38. The smallest absolute Gasteiger partial charge is 0.234 e. The van der Waals surface area contributed by atoms with Gasteiger partial charge in [-0.2, -0.15) is 0 Å². The standard InChI is InChI=1S/C10H15N3OS/c1-6(10(11)14)12-5-9-13-7-3-2-4-8(7)15-9/h6,12H,2-5H2,1H3,(H2,11,14). The number of carbonyl (C=O) groups excluding carboxylic acids is 1. The fourth-order valence-corrected chi connectivity index (χ4v) is 2.77. The van der Waals surface area contributed by atoms with Crippen LogP contribution < -0.4 is 11.1 Å². The van der Waals surface area contributed by atoms with E-state index >= 15 is 0 Å². The Kier molecular flexibility index (Phi) is 3.02. The molecule has 4 nitrogen and oxygen atoms in total. The lowest BCUT2D eigenvalue weighted by molar-refractivity contribution is -0.119. The fraction of sp³-hybridized carbons (Fsp3) is 0.600. The van der Waals surface area contributed by atoms with Crippen molar-refractivity contribution < 1.29 is 4.79 Å². The van der Waals surface area contributed by atoms with E-state index in [1.165, 1.54) is 23.4 Å². The molecule has 1 amide bonds. The lowest BCUT2D eigenvalue weighted by atomic mass is 10.3. The summed E-state index contributed by atoms with van der Waals surface area (Å²) in [7, 11) is 0. The van der Waals surface area contributed by atoms with E-state index in [4.69, 9.17) is 5.73 Å². The van der Waals surface area contributed by atoms with Gasteiger partial charge in [0, 0.05) is 11.4 Å². The third-order valence-corrected chi connectivity index (χ3v) is 3.78. The molecule has 5 heteroatoms. The number of fused-ring (bicyclic) bond motifs is 1. The number of rotatable bonds is 4. The summed E-state index contributed by atoms with van der Waals surface area (Å²) in [5.74, 6) is -0.320. The lowest BCUT2D eigenvalue weighted by Gasteiger charge is -2.07. The van der Waals surface area contributed by atoms with E-state index in [0.29, 0.717) is 6.54 Å². The second-order valence-electron chi connectivity index (χ2n) is 3.84. The van der Waals surface area contributed by atoms with Crippen molar-refractivity contribution in [2.24, 2.45) is 5.73 Å². The number of amides is 1. The fourth-order valence-electron chi connectivity index (χ4n) is 1.66. The molecule has 1 aliphatic carbocycles.